The first-order valence-electron chi connectivity index (χ1n) is 5.82. The molecule has 3 aromatic rings. The van der Waals surface area contributed by atoms with Crippen molar-refractivity contribution in [3.63, 3.8) is 0 Å². The fraction of sp³-hybridized carbons (Fsp3) is 0. The van der Waals surface area contributed by atoms with Gasteiger partial charge in [0.1, 0.15) is 5.58 Å². The Bertz CT molecular complexity index is 859. The molecule has 0 saturated heterocycles. The first-order valence-corrected chi connectivity index (χ1v) is 5.82. The zero-order valence-corrected chi connectivity index (χ0v) is 9.55. The van der Waals surface area contributed by atoms with Gasteiger partial charge in [0.25, 0.3) is 0 Å². The Hall–Kier alpha value is -2.55. The van der Waals surface area contributed by atoms with Crippen molar-refractivity contribution in [2.45, 2.75) is 0 Å². The molecule has 0 saturated carbocycles. The van der Waals surface area contributed by atoms with Crippen LogP contribution in [0, 0.1) is 0 Å². The topological polar surface area (TPSA) is 37.5 Å². The van der Waals surface area contributed by atoms with Crippen molar-refractivity contribution in [3.05, 3.63) is 59.8 Å². The highest BCUT2D eigenvalue weighted by Crippen LogP contribution is 2.26. The zero-order valence-electron chi connectivity index (χ0n) is 9.55. The van der Waals surface area contributed by atoms with E-state index >= 15 is 0 Å². The van der Waals surface area contributed by atoms with Gasteiger partial charge in [-0.1, -0.05) is 18.2 Å². The molecule has 0 spiro atoms. The second kappa shape index (κ2) is 3.47. The van der Waals surface area contributed by atoms with Crippen LogP contribution in [0.1, 0.15) is 5.56 Å². The van der Waals surface area contributed by atoms with Crippen LogP contribution in [-0.4, -0.2) is 0 Å². The van der Waals surface area contributed by atoms with Gasteiger partial charge in [0.05, 0.1) is 11.6 Å². The Kier molecular flexibility index (Phi) is 1.83. The minimum absolute atomic E-state index is 0.913. The van der Waals surface area contributed by atoms with Gasteiger partial charge in [-0.05, 0) is 24.3 Å². The Morgan fingerprint density at radius 2 is 2.06 bits per heavy atom. The molecule has 0 aliphatic carbocycles. The maximum atomic E-state index is 5.62. The SMILES string of the molecule is C1=Cc2cccc3c(cc4cccoc43)c2=NN1. The molecule has 86 valence electrons. The molecule has 3 nitrogen and oxygen atoms in total. The number of nitrogens with one attached hydrogen (secondary N) is 1. The van der Waals surface area contributed by atoms with Crippen molar-refractivity contribution in [1.82, 2.24) is 5.43 Å². The molecule has 1 aromatic heterocycles. The van der Waals surface area contributed by atoms with Crippen LogP contribution < -0.4 is 10.8 Å². The quantitative estimate of drug-likeness (QED) is 0.649. The number of hydrogen-bond acceptors (Lipinski definition) is 3. The lowest BCUT2D eigenvalue weighted by Gasteiger charge is -1.99. The van der Waals surface area contributed by atoms with Crippen molar-refractivity contribution < 1.29 is 4.42 Å². The third kappa shape index (κ3) is 1.21. The van der Waals surface area contributed by atoms with Gasteiger partial charge in [0.2, 0.25) is 0 Å². The van der Waals surface area contributed by atoms with Crippen LogP contribution >= 0.6 is 0 Å². The van der Waals surface area contributed by atoms with Gasteiger partial charge in [-0.15, -0.1) is 0 Å². The number of nitrogens with zero attached hydrogens (tertiary/aromatic N) is 1. The third-order valence-corrected chi connectivity index (χ3v) is 3.22. The van der Waals surface area contributed by atoms with E-state index in [0.717, 1.165) is 32.7 Å². The average molecular weight is 234 g/mol. The number of rotatable bonds is 0. The lowest BCUT2D eigenvalue weighted by Crippen LogP contribution is -2.14. The molecule has 18 heavy (non-hydrogen) atoms. The molecule has 0 bridgehead atoms. The molecule has 4 rings (SSSR count). The fourth-order valence-corrected chi connectivity index (χ4v) is 2.41. The van der Waals surface area contributed by atoms with E-state index in [-0.39, 0.29) is 0 Å². The van der Waals surface area contributed by atoms with Crippen molar-refractivity contribution in [3.8, 4) is 0 Å². The summed E-state index contributed by atoms with van der Waals surface area (Å²) in [4.78, 5) is 0. The number of fused-ring (bicyclic) bond motifs is 5. The van der Waals surface area contributed by atoms with Crippen LogP contribution in [0.4, 0.5) is 0 Å². The van der Waals surface area contributed by atoms with Crippen molar-refractivity contribution in [1.29, 1.82) is 0 Å². The zero-order chi connectivity index (χ0) is 11.9. The van der Waals surface area contributed by atoms with Gasteiger partial charge in [-0.25, -0.2) is 0 Å². The van der Waals surface area contributed by atoms with E-state index in [0.29, 0.717) is 0 Å². The average Bonchev–Trinajstić information content (AvgIpc) is 2.69. The summed E-state index contributed by atoms with van der Waals surface area (Å²) in [7, 11) is 0. The molecule has 0 unspecified atom stereocenters. The van der Waals surface area contributed by atoms with Crippen LogP contribution in [-0.2, 0) is 0 Å². The van der Waals surface area contributed by atoms with Gasteiger partial charge in [-0.3, -0.25) is 5.43 Å². The van der Waals surface area contributed by atoms with Crippen LogP contribution in [0.3, 0.4) is 0 Å². The normalized spacial score (nSPS) is 13.1. The van der Waals surface area contributed by atoms with Gasteiger partial charge in [0, 0.05) is 27.9 Å². The standard InChI is InChI=1S/C15H10N2O/c1-3-10-6-7-16-17-14(10)13-9-11-4-2-8-18-15(11)12(13)5-1/h1-9,16H. The molecule has 0 amide bonds. The van der Waals surface area contributed by atoms with E-state index in [4.69, 9.17) is 4.42 Å². The Balaban J connectivity index is 2.32. The van der Waals surface area contributed by atoms with E-state index in [1.54, 1.807) is 6.26 Å². The minimum Gasteiger partial charge on any atom is -0.464 e. The molecule has 2 heterocycles. The second-order valence-electron chi connectivity index (χ2n) is 4.27. The van der Waals surface area contributed by atoms with E-state index in [2.05, 4.69) is 34.8 Å². The minimum atomic E-state index is 0.913. The third-order valence-electron chi connectivity index (χ3n) is 3.22. The van der Waals surface area contributed by atoms with E-state index in [1.807, 2.05) is 24.4 Å². The summed E-state index contributed by atoms with van der Waals surface area (Å²) >= 11 is 0. The summed E-state index contributed by atoms with van der Waals surface area (Å²) in [6, 6.07) is 12.2. The smallest absolute Gasteiger partial charge is 0.141 e. The van der Waals surface area contributed by atoms with Crippen molar-refractivity contribution in [2.24, 2.45) is 5.10 Å². The molecular weight excluding hydrogens is 224 g/mol. The summed E-state index contributed by atoms with van der Waals surface area (Å²) in [6.07, 6.45) is 5.56. The molecular formula is C15H10N2O. The number of hydrogen-bond donors (Lipinski definition) is 1. The molecule has 0 fully saturated rings. The largest absolute Gasteiger partial charge is 0.464 e. The second-order valence-corrected chi connectivity index (χ2v) is 4.27. The molecule has 2 aromatic carbocycles. The fourth-order valence-electron chi connectivity index (χ4n) is 2.41. The van der Waals surface area contributed by atoms with Gasteiger partial charge in [0.15, 0.2) is 0 Å². The lowest BCUT2D eigenvalue weighted by atomic mass is 10.2. The predicted molar refractivity (Wildman–Crippen MR) is 71.5 cm³/mol. The highest BCUT2D eigenvalue weighted by Gasteiger charge is 2.08. The Labute approximate surface area is 103 Å². The van der Waals surface area contributed by atoms with Gasteiger partial charge < -0.3 is 4.42 Å². The summed E-state index contributed by atoms with van der Waals surface area (Å²) in [5.74, 6) is 0. The maximum Gasteiger partial charge on any atom is 0.141 e. The summed E-state index contributed by atoms with van der Waals surface area (Å²) in [5.41, 5.74) is 4.93. The molecule has 1 aliphatic heterocycles. The maximum absolute atomic E-state index is 5.62. The lowest BCUT2D eigenvalue weighted by molar-refractivity contribution is 0.608. The molecule has 3 heteroatoms. The van der Waals surface area contributed by atoms with Crippen LogP contribution in [0.5, 0.6) is 0 Å². The van der Waals surface area contributed by atoms with E-state index < -0.39 is 0 Å². The summed E-state index contributed by atoms with van der Waals surface area (Å²) in [5, 5.41) is 8.64. The summed E-state index contributed by atoms with van der Waals surface area (Å²) < 4.78 is 5.62. The van der Waals surface area contributed by atoms with E-state index in [1.165, 1.54) is 0 Å². The molecule has 0 radical (unpaired) electrons. The Morgan fingerprint density at radius 1 is 1.06 bits per heavy atom. The predicted octanol–water partition coefficient (Wildman–Crippen LogP) is 2.98. The van der Waals surface area contributed by atoms with Crippen molar-refractivity contribution >= 4 is 27.8 Å². The molecule has 0 atom stereocenters. The molecule has 1 aliphatic rings. The first kappa shape index (κ1) is 9.48. The van der Waals surface area contributed by atoms with Crippen LogP contribution in [0.2, 0.25) is 0 Å². The highest BCUT2D eigenvalue weighted by atomic mass is 16.3. The van der Waals surface area contributed by atoms with Crippen LogP contribution in [0.15, 0.2) is 58.4 Å². The van der Waals surface area contributed by atoms with Gasteiger partial charge >= 0.3 is 0 Å². The molecule has 1 N–H and O–H groups in total. The first-order chi connectivity index (χ1) is 8.93. The highest BCUT2D eigenvalue weighted by molar-refractivity contribution is 6.08. The summed E-state index contributed by atoms with van der Waals surface area (Å²) in [6.45, 7) is 0. The monoisotopic (exact) mass is 234 g/mol. The van der Waals surface area contributed by atoms with Crippen molar-refractivity contribution in [2.75, 3.05) is 0 Å². The van der Waals surface area contributed by atoms with Gasteiger partial charge in [-0.2, -0.15) is 5.10 Å². The van der Waals surface area contributed by atoms with E-state index in [9.17, 15) is 0 Å². The van der Waals surface area contributed by atoms with Crippen LogP contribution in [0.25, 0.3) is 27.8 Å². The Morgan fingerprint density at radius 3 is 3.06 bits per heavy atom.